The second-order valence-electron chi connectivity index (χ2n) is 4.29. The lowest BCUT2D eigenvalue weighted by atomic mass is 10.1. The molecule has 0 aliphatic rings. The van der Waals surface area contributed by atoms with Gasteiger partial charge >= 0.3 is 0 Å². The van der Waals surface area contributed by atoms with Gasteiger partial charge in [0.1, 0.15) is 11.5 Å². The standard InChI is InChI=1S/C16H17BrO/c1-3-13-6-4-5-7-16(13)18-15-9-8-14(11-17)12(2)10-15/h4-10H,3,11H2,1-2H3. The molecule has 0 saturated carbocycles. The maximum Gasteiger partial charge on any atom is 0.130 e. The van der Waals surface area contributed by atoms with Gasteiger partial charge in [-0.05, 0) is 48.2 Å². The molecule has 0 amide bonds. The molecule has 1 nitrogen and oxygen atoms in total. The fourth-order valence-electron chi connectivity index (χ4n) is 1.90. The zero-order valence-electron chi connectivity index (χ0n) is 10.7. The van der Waals surface area contributed by atoms with Gasteiger partial charge in [0, 0.05) is 5.33 Å². The van der Waals surface area contributed by atoms with Crippen molar-refractivity contribution in [2.45, 2.75) is 25.6 Å². The van der Waals surface area contributed by atoms with Gasteiger partial charge in [0.25, 0.3) is 0 Å². The van der Waals surface area contributed by atoms with Gasteiger partial charge in [0.05, 0.1) is 0 Å². The number of hydrogen-bond acceptors (Lipinski definition) is 1. The summed E-state index contributed by atoms with van der Waals surface area (Å²) in [5, 5.41) is 0.880. The average molecular weight is 305 g/mol. The monoisotopic (exact) mass is 304 g/mol. The number of hydrogen-bond donors (Lipinski definition) is 0. The van der Waals surface area contributed by atoms with Crippen LogP contribution in [0.5, 0.6) is 11.5 Å². The molecule has 2 aromatic rings. The lowest BCUT2D eigenvalue weighted by Crippen LogP contribution is -1.92. The molecule has 2 rings (SSSR count). The molecule has 0 unspecified atom stereocenters. The van der Waals surface area contributed by atoms with Crippen LogP contribution in [0.25, 0.3) is 0 Å². The zero-order chi connectivity index (χ0) is 13.0. The van der Waals surface area contributed by atoms with E-state index in [1.54, 1.807) is 0 Å². The summed E-state index contributed by atoms with van der Waals surface area (Å²) in [6.45, 7) is 4.25. The summed E-state index contributed by atoms with van der Waals surface area (Å²) >= 11 is 3.48. The van der Waals surface area contributed by atoms with Crippen LogP contribution in [-0.4, -0.2) is 0 Å². The topological polar surface area (TPSA) is 9.23 Å². The minimum Gasteiger partial charge on any atom is -0.457 e. The van der Waals surface area contributed by atoms with E-state index in [4.69, 9.17) is 4.74 Å². The summed E-state index contributed by atoms with van der Waals surface area (Å²) in [7, 11) is 0. The van der Waals surface area contributed by atoms with Crippen molar-refractivity contribution in [3.8, 4) is 11.5 Å². The van der Waals surface area contributed by atoms with Gasteiger partial charge in [-0.2, -0.15) is 0 Å². The van der Waals surface area contributed by atoms with Crippen molar-refractivity contribution < 1.29 is 4.74 Å². The minimum absolute atomic E-state index is 0.880. The predicted molar refractivity (Wildman–Crippen MR) is 79.7 cm³/mol. The Balaban J connectivity index is 2.26. The molecule has 2 heteroatoms. The van der Waals surface area contributed by atoms with Crippen molar-refractivity contribution in [1.29, 1.82) is 0 Å². The predicted octanol–water partition coefficient (Wildman–Crippen LogP) is 5.24. The third-order valence-corrected chi connectivity index (χ3v) is 3.64. The fraction of sp³-hybridized carbons (Fsp3) is 0.250. The quantitative estimate of drug-likeness (QED) is 0.701. The van der Waals surface area contributed by atoms with E-state index in [0.29, 0.717) is 0 Å². The summed E-state index contributed by atoms with van der Waals surface area (Å²) in [5.41, 5.74) is 3.78. The van der Waals surface area contributed by atoms with Crippen molar-refractivity contribution in [2.75, 3.05) is 0 Å². The maximum atomic E-state index is 5.97. The van der Waals surface area contributed by atoms with Gasteiger partial charge in [0.15, 0.2) is 0 Å². The van der Waals surface area contributed by atoms with Crippen molar-refractivity contribution in [3.63, 3.8) is 0 Å². The van der Waals surface area contributed by atoms with Gasteiger partial charge in [-0.3, -0.25) is 0 Å². The first-order valence-electron chi connectivity index (χ1n) is 6.16. The molecule has 0 radical (unpaired) electrons. The molecule has 0 spiro atoms. The molecule has 0 aliphatic heterocycles. The first kappa shape index (κ1) is 13.2. The minimum atomic E-state index is 0.880. The lowest BCUT2D eigenvalue weighted by molar-refractivity contribution is 0.476. The number of para-hydroxylation sites is 1. The smallest absolute Gasteiger partial charge is 0.130 e. The van der Waals surface area contributed by atoms with Gasteiger partial charge < -0.3 is 4.74 Å². The van der Waals surface area contributed by atoms with Crippen molar-refractivity contribution in [3.05, 3.63) is 59.2 Å². The molecule has 0 N–H and O–H groups in total. The fourth-order valence-corrected chi connectivity index (χ4v) is 2.53. The van der Waals surface area contributed by atoms with Crippen LogP contribution in [0.4, 0.5) is 0 Å². The Morgan fingerprint density at radius 1 is 1.06 bits per heavy atom. The zero-order valence-corrected chi connectivity index (χ0v) is 12.3. The molecule has 94 valence electrons. The van der Waals surface area contributed by atoms with Crippen LogP contribution in [0.3, 0.4) is 0 Å². The van der Waals surface area contributed by atoms with Crippen LogP contribution in [0.1, 0.15) is 23.6 Å². The molecule has 0 bridgehead atoms. The van der Waals surface area contributed by atoms with E-state index in [1.165, 1.54) is 16.7 Å². The van der Waals surface area contributed by atoms with E-state index >= 15 is 0 Å². The highest BCUT2D eigenvalue weighted by Gasteiger charge is 2.04. The molecular weight excluding hydrogens is 288 g/mol. The first-order valence-corrected chi connectivity index (χ1v) is 7.28. The van der Waals surface area contributed by atoms with E-state index in [0.717, 1.165) is 23.2 Å². The van der Waals surface area contributed by atoms with Crippen LogP contribution in [0.2, 0.25) is 0 Å². The molecule has 0 atom stereocenters. The summed E-state index contributed by atoms with van der Waals surface area (Å²) in [5.74, 6) is 1.85. The van der Waals surface area contributed by atoms with Gasteiger partial charge in [-0.1, -0.05) is 47.1 Å². The van der Waals surface area contributed by atoms with Crippen LogP contribution < -0.4 is 4.74 Å². The van der Waals surface area contributed by atoms with Crippen molar-refractivity contribution in [1.82, 2.24) is 0 Å². The summed E-state index contributed by atoms with van der Waals surface area (Å²) in [6, 6.07) is 14.4. The van der Waals surface area contributed by atoms with Crippen molar-refractivity contribution >= 4 is 15.9 Å². The second-order valence-corrected chi connectivity index (χ2v) is 4.85. The molecule has 0 aliphatic carbocycles. The average Bonchev–Trinajstić information content (AvgIpc) is 2.39. The van der Waals surface area contributed by atoms with Gasteiger partial charge in [-0.25, -0.2) is 0 Å². The molecule has 2 aromatic carbocycles. The van der Waals surface area contributed by atoms with E-state index in [1.807, 2.05) is 24.3 Å². The number of benzene rings is 2. The number of rotatable bonds is 4. The van der Waals surface area contributed by atoms with Crippen LogP contribution >= 0.6 is 15.9 Å². The largest absolute Gasteiger partial charge is 0.457 e. The molecule has 0 aromatic heterocycles. The third kappa shape index (κ3) is 2.94. The van der Waals surface area contributed by atoms with E-state index in [9.17, 15) is 0 Å². The summed E-state index contributed by atoms with van der Waals surface area (Å²) in [4.78, 5) is 0. The van der Waals surface area contributed by atoms with E-state index in [-0.39, 0.29) is 0 Å². The third-order valence-electron chi connectivity index (χ3n) is 3.04. The van der Waals surface area contributed by atoms with E-state index < -0.39 is 0 Å². The Labute approximate surface area is 117 Å². The van der Waals surface area contributed by atoms with E-state index in [2.05, 4.69) is 48.0 Å². The maximum absolute atomic E-state index is 5.97. The number of alkyl halides is 1. The SMILES string of the molecule is CCc1ccccc1Oc1ccc(CBr)c(C)c1. The Hall–Kier alpha value is -1.28. The molecule has 0 saturated heterocycles. The Bertz CT molecular complexity index is 534. The normalized spacial score (nSPS) is 10.4. The highest BCUT2D eigenvalue weighted by atomic mass is 79.9. The highest BCUT2D eigenvalue weighted by molar-refractivity contribution is 9.08. The first-order chi connectivity index (χ1) is 8.74. The Morgan fingerprint density at radius 3 is 2.50 bits per heavy atom. The van der Waals surface area contributed by atoms with Crippen LogP contribution in [-0.2, 0) is 11.8 Å². The molecule has 18 heavy (non-hydrogen) atoms. The molecular formula is C16H17BrO. The Morgan fingerprint density at radius 2 is 1.83 bits per heavy atom. The lowest BCUT2D eigenvalue weighted by Gasteiger charge is -2.11. The van der Waals surface area contributed by atoms with Crippen LogP contribution in [0, 0.1) is 6.92 Å². The number of halogens is 1. The van der Waals surface area contributed by atoms with Gasteiger partial charge in [0.2, 0.25) is 0 Å². The summed E-state index contributed by atoms with van der Waals surface area (Å²) < 4.78 is 5.97. The summed E-state index contributed by atoms with van der Waals surface area (Å²) in [6.07, 6.45) is 0.981. The van der Waals surface area contributed by atoms with Crippen molar-refractivity contribution in [2.24, 2.45) is 0 Å². The number of ether oxygens (including phenoxy) is 1. The van der Waals surface area contributed by atoms with Gasteiger partial charge in [-0.15, -0.1) is 0 Å². The second kappa shape index (κ2) is 6.05. The van der Waals surface area contributed by atoms with Crippen LogP contribution in [0.15, 0.2) is 42.5 Å². The highest BCUT2D eigenvalue weighted by Crippen LogP contribution is 2.27. The Kier molecular flexibility index (Phi) is 4.43. The molecule has 0 fully saturated rings. The molecule has 0 heterocycles. The number of aryl methyl sites for hydroxylation is 2.